The zero-order valence-electron chi connectivity index (χ0n) is 6.09. The third-order valence-corrected chi connectivity index (χ3v) is 1.64. The van der Waals surface area contributed by atoms with Gasteiger partial charge in [0.2, 0.25) is 0 Å². The molecule has 1 rings (SSSR count). The quantitative estimate of drug-likeness (QED) is 0.726. The van der Waals surface area contributed by atoms with Gasteiger partial charge >= 0.3 is 0 Å². The minimum atomic E-state index is -0.132. The lowest BCUT2D eigenvalue weighted by atomic mass is 10.2. The Hall–Kier alpha value is -0.510. The highest BCUT2D eigenvalue weighted by Gasteiger charge is 2.08. The highest BCUT2D eigenvalue weighted by atomic mass is 35.5. The molecule has 4 N–H and O–H groups in total. The molecule has 1 aromatic heterocycles. The van der Waals surface area contributed by atoms with E-state index in [0.717, 1.165) is 0 Å². The normalized spacial score (nSPS) is 13.4. The fraction of sp³-hybridized carbons (Fsp3) is 0.429. The van der Waals surface area contributed by atoms with Crippen LogP contribution in [0.25, 0.3) is 0 Å². The summed E-state index contributed by atoms with van der Waals surface area (Å²) in [6.07, 6.45) is 0.712. The number of rotatable bonds is 3. The van der Waals surface area contributed by atoms with Crippen LogP contribution in [0.4, 0.5) is 0 Å². The Balaban J connectivity index is 2.60. The van der Waals surface area contributed by atoms with Crippen molar-refractivity contribution in [3.8, 4) is 0 Å². The van der Waals surface area contributed by atoms with Crippen LogP contribution >= 0.6 is 11.6 Å². The molecule has 11 heavy (non-hydrogen) atoms. The zero-order chi connectivity index (χ0) is 8.27. The van der Waals surface area contributed by atoms with Gasteiger partial charge in [-0.2, -0.15) is 0 Å². The molecule has 0 aromatic carbocycles. The van der Waals surface area contributed by atoms with Crippen molar-refractivity contribution in [2.75, 3.05) is 6.54 Å². The van der Waals surface area contributed by atoms with Gasteiger partial charge in [-0.1, -0.05) is 0 Å². The smallest absolute Gasteiger partial charge is 0.193 e. The Morgan fingerprint density at radius 3 is 2.73 bits per heavy atom. The molecule has 62 valence electrons. The molecule has 0 saturated carbocycles. The molecule has 1 aromatic rings. The first kappa shape index (κ1) is 8.59. The maximum Gasteiger partial charge on any atom is 0.193 e. The van der Waals surface area contributed by atoms with Gasteiger partial charge in [0.15, 0.2) is 5.22 Å². The highest BCUT2D eigenvalue weighted by Crippen LogP contribution is 2.19. The second-order valence-electron chi connectivity index (χ2n) is 2.33. The summed E-state index contributed by atoms with van der Waals surface area (Å²) >= 11 is 5.55. The molecule has 0 aliphatic carbocycles. The van der Waals surface area contributed by atoms with E-state index in [0.29, 0.717) is 23.9 Å². The second kappa shape index (κ2) is 3.76. The molecule has 0 radical (unpaired) electrons. The average Bonchev–Trinajstić information content (AvgIpc) is 2.36. The van der Waals surface area contributed by atoms with Crippen molar-refractivity contribution in [3.05, 3.63) is 23.1 Å². The summed E-state index contributed by atoms with van der Waals surface area (Å²) in [6, 6.07) is 3.31. The first-order valence-electron chi connectivity index (χ1n) is 3.45. The van der Waals surface area contributed by atoms with E-state index in [9.17, 15) is 0 Å². The molecule has 3 nitrogen and oxygen atoms in total. The van der Waals surface area contributed by atoms with E-state index in [1.807, 2.05) is 0 Å². The van der Waals surface area contributed by atoms with Crippen molar-refractivity contribution in [2.45, 2.75) is 12.5 Å². The van der Waals surface area contributed by atoms with Gasteiger partial charge in [0.25, 0.3) is 0 Å². The molecule has 0 amide bonds. The fourth-order valence-corrected chi connectivity index (χ4v) is 1.00. The summed E-state index contributed by atoms with van der Waals surface area (Å²) in [5, 5.41) is 0.368. The van der Waals surface area contributed by atoms with Crippen LogP contribution in [0.15, 0.2) is 16.5 Å². The lowest BCUT2D eigenvalue weighted by Gasteiger charge is -2.04. The van der Waals surface area contributed by atoms with Gasteiger partial charge in [0.1, 0.15) is 5.76 Å². The van der Waals surface area contributed by atoms with Gasteiger partial charge in [-0.15, -0.1) is 0 Å². The van der Waals surface area contributed by atoms with Crippen LogP contribution in [0, 0.1) is 0 Å². The Bertz CT molecular complexity index is 224. The molecule has 0 saturated heterocycles. The monoisotopic (exact) mass is 174 g/mol. The molecule has 0 fully saturated rings. The van der Waals surface area contributed by atoms with Crippen molar-refractivity contribution in [2.24, 2.45) is 11.5 Å². The largest absolute Gasteiger partial charge is 0.448 e. The van der Waals surface area contributed by atoms with Gasteiger partial charge < -0.3 is 15.9 Å². The molecule has 0 spiro atoms. The summed E-state index contributed by atoms with van der Waals surface area (Å²) in [5.41, 5.74) is 11.0. The highest BCUT2D eigenvalue weighted by molar-refractivity contribution is 6.28. The Kier molecular flexibility index (Phi) is 2.93. The molecular weight excluding hydrogens is 164 g/mol. The van der Waals surface area contributed by atoms with E-state index in [-0.39, 0.29) is 6.04 Å². The van der Waals surface area contributed by atoms with Crippen LogP contribution in [-0.2, 0) is 0 Å². The van der Waals surface area contributed by atoms with Crippen molar-refractivity contribution in [1.29, 1.82) is 0 Å². The predicted octanol–water partition coefficient (Wildman–Crippen LogP) is 1.28. The number of nitrogens with two attached hydrogens (primary N) is 2. The van der Waals surface area contributed by atoms with Gasteiger partial charge in [-0.05, 0) is 36.7 Å². The zero-order valence-corrected chi connectivity index (χ0v) is 6.84. The molecular formula is C7H11ClN2O. The minimum Gasteiger partial charge on any atom is -0.448 e. The maximum absolute atomic E-state index is 5.69. The number of hydrogen-bond donors (Lipinski definition) is 2. The molecule has 0 aliphatic heterocycles. The summed E-state index contributed by atoms with van der Waals surface area (Å²) < 4.78 is 5.08. The topological polar surface area (TPSA) is 65.2 Å². The number of hydrogen-bond acceptors (Lipinski definition) is 3. The van der Waals surface area contributed by atoms with Crippen LogP contribution in [0.1, 0.15) is 18.2 Å². The van der Waals surface area contributed by atoms with Crippen LogP contribution in [-0.4, -0.2) is 6.54 Å². The summed E-state index contributed by atoms with van der Waals surface area (Å²) in [4.78, 5) is 0. The van der Waals surface area contributed by atoms with Gasteiger partial charge in [0.05, 0.1) is 6.04 Å². The van der Waals surface area contributed by atoms with Crippen molar-refractivity contribution >= 4 is 11.6 Å². The summed E-state index contributed by atoms with van der Waals surface area (Å²) in [6.45, 7) is 0.555. The van der Waals surface area contributed by atoms with Crippen LogP contribution < -0.4 is 11.5 Å². The average molecular weight is 175 g/mol. The third kappa shape index (κ3) is 2.22. The van der Waals surface area contributed by atoms with E-state index in [1.54, 1.807) is 12.1 Å². The molecule has 0 aliphatic rings. The lowest BCUT2D eigenvalue weighted by Crippen LogP contribution is -2.14. The first-order valence-corrected chi connectivity index (χ1v) is 3.82. The van der Waals surface area contributed by atoms with E-state index >= 15 is 0 Å². The second-order valence-corrected chi connectivity index (χ2v) is 2.70. The maximum atomic E-state index is 5.69. The molecule has 1 heterocycles. The number of halogens is 1. The lowest BCUT2D eigenvalue weighted by molar-refractivity contribution is 0.456. The summed E-state index contributed by atoms with van der Waals surface area (Å²) in [7, 11) is 0. The predicted molar refractivity (Wildman–Crippen MR) is 44.3 cm³/mol. The van der Waals surface area contributed by atoms with Gasteiger partial charge in [0, 0.05) is 0 Å². The van der Waals surface area contributed by atoms with Crippen LogP contribution in [0.5, 0.6) is 0 Å². The Morgan fingerprint density at radius 2 is 2.27 bits per heavy atom. The molecule has 0 bridgehead atoms. The fourth-order valence-electron chi connectivity index (χ4n) is 0.849. The van der Waals surface area contributed by atoms with Crippen molar-refractivity contribution in [3.63, 3.8) is 0 Å². The third-order valence-electron chi connectivity index (χ3n) is 1.44. The SMILES string of the molecule is NCC[C@H](N)c1ccc(Cl)o1. The van der Waals surface area contributed by atoms with E-state index < -0.39 is 0 Å². The summed E-state index contributed by atoms with van der Waals surface area (Å²) in [5.74, 6) is 0.695. The van der Waals surface area contributed by atoms with E-state index in [2.05, 4.69) is 0 Å². The van der Waals surface area contributed by atoms with Crippen LogP contribution in [0.3, 0.4) is 0 Å². The Morgan fingerprint density at radius 1 is 1.55 bits per heavy atom. The molecule has 4 heteroatoms. The molecule has 1 atom stereocenters. The van der Waals surface area contributed by atoms with E-state index in [4.69, 9.17) is 27.5 Å². The molecule has 0 unspecified atom stereocenters. The van der Waals surface area contributed by atoms with Gasteiger partial charge in [-0.3, -0.25) is 0 Å². The first-order chi connectivity index (χ1) is 5.24. The minimum absolute atomic E-state index is 0.132. The van der Waals surface area contributed by atoms with E-state index in [1.165, 1.54) is 0 Å². The van der Waals surface area contributed by atoms with Crippen molar-refractivity contribution in [1.82, 2.24) is 0 Å². The standard InChI is InChI=1S/C7H11ClN2O/c8-7-2-1-6(11-7)5(10)3-4-9/h1-2,5H,3-4,9-10H2/t5-/m0/s1. The van der Waals surface area contributed by atoms with Gasteiger partial charge in [-0.25, -0.2) is 0 Å². The van der Waals surface area contributed by atoms with Crippen molar-refractivity contribution < 1.29 is 4.42 Å². The number of furan rings is 1. The Labute approximate surface area is 70.3 Å². The van der Waals surface area contributed by atoms with Crippen LogP contribution in [0.2, 0.25) is 5.22 Å².